The molecule has 16 heavy (non-hydrogen) atoms. The molecule has 0 N–H and O–H groups in total. The van der Waals surface area contributed by atoms with Crippen molar-refractivity contribution in [2.45, 2.75) is 52.9 Å². The molecule has 1 aromatic rings. The first-order chi connectivity index (χ1) is 7.53. The molecule has 1 aromatic carbocycles. The summed E-state index contributed by atoms with van der Waals surface area (Å²) in [7, 11) is 0. The van der Waals surface area contributed by atoms with Gasteiger partial charge in [-0.1, -0.05) is 52.2 Å². The average molecular weight is 222 g/mol. The van der Waals surface area contributed by atoms with Crippen molar-refractivity contribution >= 4 is 0 Å². The Balaban J connectivity index is 2.51. The summed E-state index contributed by atoms with van der Waals surface area (Å²) in [5.41, 5.74) is 1.39. The van der Waals surface area contributed by atoms with Crippen molar-refractivity contribution in [1.29, 1.82) is 0 Å². The predicted octanol–water partition coefficient (Wildman–Crippen LogP) is 4.97. The summed E-state index contributed by atoms with van der Waals surface area (Å²) in [4.78, 5) is 0. The Bertz CT molecular complexity index is 315. The maximum atomic E-state index is 13.0. The Labute approximate surface area is 98.9 Å². The van der Waals surface area contributed by atoms with E-state index in [1.807, 2.05) is 6.07 Å². The normalized spacial score (nSPS) is 11.8. The number of hydrogen-bond acceptors (Lipinski definition) is 0. The lowest BCUT2D eigenvalue weighted by molar-refractivity contribution is 0.318. The van der Waals surface area contributed by atoms with E-state index in [9.17, 15) is 4.39 Å². The molecule has 0 aliphatic rings. The van der Waals surface area contributed by atoms with Crippen LogP contribution in [-0.4, -0.2) is 0 Å². The Kier molecular flexibility index (Phi) is 4.98. The zero-order valence-corrected chi connectivity index (χ0v) is 10.7. The summed E-state index contributed by atoms with van der Waals surface area (Å²) in [6.45, 7) is 6.76. The number of halogens is 1. The fourth-order valence-electron chi connectivity index (χ4n) is 2.14. The Morgan fingerprint density at radius 1 is 1.19 bits per heavy atom. The largest absolute Gasteiger partial charge is 0.207 e. The van der Waals surface area contributed by atoms with Gasteiger partial charge in [-0.2, -0.15) is 0 Å². The Morgan fingerprint density at radius 2 is 1.94 bits per heavy atom. The van der Waals surface area contributed by atoms with Gasteiger partial charge in [-0.05, 0) is 36.0 Å². The SMILES string of the molecule is CCCCCC(C)(C)Cc1cccc(F)c1. The number of hydrogen-bond donors (Lipinski definition) is 0. The molecule has 0 saturated heterocycles. The fourth-order valence-corrected chi connectivity index (χ4v) is 2.14. The molecule has 0 spiro atoms. The zero-order valence-electron chi connectivity index (χ0n) is 10.7. The summed E-state index contributed by atoms with van der Waals surface area (Å²) in [6, 6.07) is 6.98. The van der Waals surface area contributed by atoms with Crippen LogP contribution in [0.5, 0.6) is 0 Å². The fraction of sp³-hybridized carbons (Fsp3) is 0.600. The second-order valence-electron chi connectivity index (χ2n) is 5.43. The molecule has 0 bridgehead atoms. The molecule has 0 aliphatic carbocycles. The van der Waals surface area contributed by atoms with Crippen LogP contribution in [0.2, 0.25) is 0 Å². The minimum absolute atomic E-state index is 0.123. The highest BCUT2D eigenvalue weighted by atomic mass is 19.1. The first kappa shape index (κ1) is 13.2. The van der Waals surface area contributed by atoms with E-state index in [1.54, 1.807) is 12.1 Å². The highest BCUT2D eigenvalue weighted by Gasteiger charge is 2.17. The zero-order chi connectivity index (χ0) is 12.0. The second-order valence-corrected chi connectivity index (χ2v) is 5.43. The summed E-state index contributed by atoms with van der Waals surface area (Å²) >= 11 is 0. The van der Waals surface area contributed by atoms with Crippen LogP contribution in [-0.2, 0) is 6.42 Å². The van der Waals surface area contributed by atoms with Gasteiger partial charge >= 0.3 is 0 Å². The standard InChI is InChI=1S/C15H23F/c1-4-5-6-10-15(2,3)12-13-8-7-9-14(16)11-13/h7-9,11H,4-6,10,12H2,1-3H3. The minimum atomic E-state index is -0.123. The van der Waals surface area contributed by atoms with E-state index in [0.717, 1.165) is 12.0 Å². The lowest BCUT2D eigenvalue weighted by Crippen LogP contribution is -2.15. The maximum absolute atomic E-state index is 13.0. The molecule has 0 radical (unpaired) electrons. The van der Waals surface area contributed by atoms with Gasteiger partial charge in [-0.3, -0.25) is 0 Å². The lowest BCUT2D eigenvalue weighted by atomic mass is 9.81. The van der Waals surface area contributed by atoms with Crippen molar-refractivity contribution in [3.63, 3.8) is 0 Å². The van der Waals surface area contributed by atoms with E-state index < -0.39 is 0 Å². The molecule has 0 saturated carbocycles. The summed E-state index contributed by atoms with van der Waals surface area (Å²) in [5, 5.41) is 0. The smallest absolute Gasteiger partial charge is 0.123 e. The molecule has 0 heterocycles. The molecular formula is C15H23F. The van der Waals surface area contributed by atoms with Gasteiger partial charge in [0.2, 0.25) is 0 Å². The number of rotatable bonds is 6. The van der Waals surface area contributed by atoms with Crippen molar-refractivity contribution < 1.29 is 4.39 Å². The van der Waals surface area contributed by atoms with Crippen LogP contribution in [0.3, 0.4) is 0 Å². The van der Waals surface area contributed by atoms with Crippen LogP contribution in [0.4, 0.5) is 4.39 Å². The average Bonchev–Trinajstić information content (AvgIpc) is 2.17. The van der Waals surface area contributed by atoms with E-state index in [2.05, 4.69) is 20.8 Å². The van der Waals surface area contributed by atoms with Gasteiger partial charge in [0.05, 0.1) is 0 Å². The molecule has 0 unspecified atom stereocenters. The second kappa shape index (κ2) is 6.03. The van der Waals surface area contributed by atoms with Gasteiger partial charge in [-0.15, -0.1) is 0 Å². The first-order valence-corrected chi connectivity index (χ1v) is 6.28. The molecule has 1 heteroatoms. The lowest BCUT2D eigenvalue weighted by Gasteiger charge is -2.24. The van der Waals surface area contributed by atoms with Crippen molar-refractivity contribution in [3.8, 4) is 0 Å². The molecule has 90 valence electrons. The highest BCUT2D eigenvalue weighted by molar-refractivity contribution is 5.17. The minimum Gasteiger partial charge on any atom is -0.207 e. The van der Waals surface area contributed by atoms with Gasteiger partial charge in [0.25, 0.3) is 0 Å². The quantitative estimate of drug-likeness (QED) is 0.596. The van der Waals surface area contributed by atoms with E-state index in [4.69, 9.17) is 0 Å². The number of benzene rings is 1. The van der Waals surface area contributed by atoms with E-state index in [-0.39, 0.29) is 11.2 Å². The molecule has 0 nitrogen and oxygen atoms in total. The molecule has 0 aliphatic heterocycles. The topological polar surface area (TPSA) is 0 Å². The van der Waals surface area contributed by atoms with Gasteiger partial charge in [0, 0.05) is 0 Å². The third-order valence-electron chi connectivity index (χ3n) is 3.03. The van der Waals surface area contributed by atoms with Crippen LogP contribution in [0.25, 0.3) is 0 Å². The van der Waals surface area contributed by atoms with Gasteiger partial charge in [0.15, 0.2) is 0 Å². The van der Waals surface area contributed by atoms with Crippen molar-refractivity contribution in [3.05, 3.63) is 35.6 Å². The third kappa shape index (κ3) is 4.78. The molecule has 0 amide bonds. The number of unbranched alkanes of at least 4 members (excludes halogenated alkanes) is 2. The van der Waals surface area contributed by atoms with E-state index in [1.165, 1.54) is 31.7 Å². The van der Waals surface area contributed by atoms with Gasteiger partial charge in [-0.25, -0.2) is 4.39 Å². The third-order valence-corrected chi connectivity index (χ3v) is 3.03. The van der Waals surface area contributed by atoms with Gasteiger partial charge < -0.3 is 0 Å². The van der Waals surface area contributed by atoms with Gasteiger partial charge in [0.1, 0.15) is 5.82 Å². The Morgan fingerprint density at radius 3 is 2.56 bits per heavy atom. The Hall–Kier alpha value is -0.850. The monoisotopic (exact) mass is 222 g/mol. The maximum Gasteiger partial charge on any atom is 0.123 e. The molecule has 0 fully saturated rings. The van der Waals surface area contributed by atoms with Crippen molar-refractivity contribution in [2.24, 2.45) is 5.41 Å². The van der Waals surface area contributed by atoms with Crippen LogP contribution in [0, 0.1) is 11.2 Å². The molecule has 1 rings (SSSR count). The molecule has 0 atom stereocenters. The predicted molar refractivity (Wildman–Crippen MR) is 68.0 cm³/mol. The molecule has 0 aromatic heterocycles. The first-order valence-electron chi connectivity index (χ1n) is 6.28. The van der Waals surface area contributed by atoms with E-state index >= 15 is 0 Å². The van der Waals surface area contributed by atoms with Crippen LogP contribution in [0.1, 0.15) is 52.0 Å². The highest BCUT2D eigenvalue weighted by Crippen LogP contribution is 2.28. The molecular weight excluding hydrogens is 199 g/mol. The van der Waals surface area contributed by atoms with Crippen molar-refractivity contribution in [1.82, 2.24) is 0 Å². The summed E-state index contributed by atoms with van der Waals surface area (Å²) in [6.07, 6.45) is 6.02. The van der Waals surface area contributed by atoms with Crippen LogP contribution >= 0.6 is 0 Å². The summed E-state index contributed by atoms with van der Waals surface area (Å²) < 4.78 is 13.0. The van der Waals surface area contributed by atoms with Crippen molar-refractivity contribution in [2.75, 3.05) is 0 Å². The summed E-state index contributed by atoms with van der Waals surface area (Å²) in [5.74, 6) is -0.123. The van der Waals surface area contributed by atoms with Crippen LogP contribution in [0.15, 0.2) is 24.3 Å². The van der Waals surface area contributed by atoms with E-state index in [0.29, 0.717) is 0 Å². The van der Waals surface area contributed by atoms with Crippen LogP contribution < -0.4 is 0 Å².